The molecular formula is C23H23ClN2O3. The summed E-state index contributed by atoms with van der Waals surface area (Å²) in [5.74, 6) is 1.06. The van der Waals surface area contributed by atoms with Crippen molar-refractivity contribution >= 4 is 17.5 Å². The number of amides is 1. The van der Waals surface area contributed by atoms with Crippen molar-refractivity contribution in [1.82, 2.24) is 9.80 Å². The van der Waals surface area contributed by atoms with Gasteiger partial charge < -0.3 is 14.1 Å². The van der Waals surface area contributed by atoms with Gasteiger partial charge >= 0.3 is 0 Å². The molecule has 1 saturated heterocycles. The van der Waals surface area contributed by atoms with Gasteiger partial charge in [0, 0.05) is 43.3 Å². The molecule has 1 amide bonds. The maximum absolute atomic E-state index is 12.9. The Kier molecular flexibility index (Phi) is 6.17. The van der Waals surface area contributed by atoms with Crippen molar-refractivity contribution in [3.63, 3.8) is 0 Å². The van der Waals surface area contributed by atoms with Gasteiger partial charge in [-0.3, -0.25) is 9.69 Å². The molecule has 0 N–H and O–H groups in total. The maximum Gasteiger partial charge on any atom is 0.290 e. The third kappa shape index (κ3) is 5.00. The van der Waals surface area contributed by atoms with Gasteiger partial charge in [-0.2, -0.15) is 0 Å². The number of benzene rings is 2. The minimum absolute atomic E-state index is 0.0761. The van der Waals surface area contributed by atoms with Crippen molar-refractivity contribution in [1.29, 1.82) is 0 Å². The minimum Gasteiger partial charge on any atom is -0.489 e. The first kappa shape index (κ1) is 19.6. The third-order valence-corrected chi connectivity index (χ3v) is 5.31. The number of piperazine rings is 1. The average molecular weight is 411 g/mol. The highest BCUT2D eigenvalue weighted by Crippen LogP contribution is 2.19. The van der Waals surface area contributed by atoms with Crippen LogP contribution in [0.3, 0.4) is 0 Å². The second-order valence-electron chi connectivity index (χ2n) is 7.07. The molecule has 1 aliphatic rings. The fraction of sp³-hybridized carbons (Fsp3) is 0.261. The van der Waals surface area contributed by atoms with Crippen LogP contribution in [0.25, 0.3) is 0 Å². The Morgan fingerprint density at radius 2 is 1.69 bits per heavy atom. The molecule has 4 rings (SSSR count). The van der Waals surface area contributed by atoms with E-state index in [-0.39, 0.29) is 5.91 Å². The van der Waals surface area contributed by atoms with Gasteiger partial charge in [0.2, 0.25) is 0 Å². The largest absolute Gasteiger partial charge is 0.489 e. The second kappa shape index (κ2) is 9.16. The molecule has 0 saturated carbocycles. The molecule has 1 aliphatic heterocycles. The summed E-state index contributed by atoms with van der Waals surface area (Å²) in [5.41, 5.74) is 1.99. The van der Waals surface area contributed by atoms with E-state index in [0.29, 0.717) is 25.5 Å². The van der Waals surface area contributed by atoms with E-state index in [1.54, 1.807) is 12.3 Å². The highest BCUT2D eigenvalue weighted by Gasteiger charge is 2.26. The second-order valence-corrected chi connectivity index (χ2v) is 7.51. The lowest BCUT2D eigenvalue weighted by Gasteiger charge is -2.34. The van der Waals surface area contributed by atoms with E-state index in [9.17, 15) is 4.79 Å². The topological polar surface area (TPSA) is 45.9 Å². The summed E-state index contributed by atoms with van der Waals surface area (Å²) in [7, 11) is 0. The number of halogens is 1. The zero-order chi connectivity index (χ0) is 20.1. The standard InChI is InChI=1S/C23H23ClN2O3/c24-20-8-6-18(7-9-20)16-25-11-13-26(14-12-25)23(27)22-19(10-15-28-22)17-29-21-4-2-1-3-5-21/h1-10,15H,11-14,16-17H2. The van der Waals surface area contributed by atoms with Crippen molar-refractivity contribution in [2.24, 2.45) is 0 Å². The lowest BCUT2D eigenvalue weighted by Crippen LogP contribution is -2.48. The first-order valence-corrected chi connectivity index (χ1v) is 10.1. The molecular weight excluding hydrogens is 388 g/mol. The van der Waals surface area contributed by atoms with Gasteiger partial charge in [0.1, 0.15) is 12.4 Å². The maximum atomic E-state index is 12.9. The lowest BCUT2D eigenvalue weighted by atomic mass is 10.2. The Morgan fingerprint density at radius 1 is 0.966 bits per heavy atom. The Labute approximate surface area is 175 Å². The number of ether oxygens (including phenoxy) is 1. The first-order chi connectivity index (χ1) is 14.2. The van der Waals surface area contributed by atoms with Crippen LogP contribution in [0.1, 0.15) is 21.7 Å². The van der Waals surface area contributed by atoms with Crippen LogP contribution in [-0.2, 0) is 13.2 Å². The minimum atomic E-state index is -0.0761. The number of hydrogen-bond donors (Lipinski definition) is 0. The highest BCUT2D eigenvalue weighted by molar-refractivity contribution is 6.30. The number of carbonyl (C=O) groups excluding carboxylic acids is 1. The van der Waals surface area contributed by atoms with Gasteiger partial charge in [0.05, 0.1) is 6.26 Å². The molecule has 0 radical (unpaired) electrons. The van der Waals surface area contributed by atoms with Gasteiger partial charge in [-0.1, -0.05) is 41.9 Å². The Hall–Kier alpha value is -2.76. The average Bonchev–Trinajstić information content (AvgIpc) is 3.23. The quantitative estimate of drug-likeness (QED) is 0.601. The molecule has 3 aromatic rings. The van der Waals surface area contributed by atoms with Crippen LogP contribution in [0.15, 0.2) is 71.3 Å². The predicted octanol–water partition coefficient (Wildman–Crippen LogP) is 4.47. The molecule has 0 atom stereocenters. The van der Waals surface area contributed by atoms with Gasteiger partial charge in [-0.15, -0.1) is 0 Å². The van der Waals surface area contributed by atoms with Crippen LogP contribution < -0.4 is 4.74 Å². The van der Waals surface area contributed by atoms with E-state index >= 15 is 0 Å². The fourth-order valence-corrected chi connectivity index (χ4v) is 3.54. The van der Waals surface area contributed by atoms with E-state index in [1.807, 2.05) is 59.5 Å². The first-order valence-electron chi connectivity index (χ1n) is 9.69. The Bertz CT molecular complexity index is 932. The zero-order valence-corrected chi connectivity index (χ0v) is 16.8. The Morgan fingerprint density at radius 3 is 2.41 bits per heavy atom. The number of carbonyl (C=O) groups is 1. The molecule has 0 bridgehead atoms. The third-order valence-electron chi connectivity index (χ3n) is 5.06. The molecule has 2 aromatic carbocycles. The summed E-state index contributed by atoms with van der Waals surface area (Å²) in [5, 5.41) is 0.745. The summed E-state index contributed by atoms with van der Waals surface area (Å²) in [4.78, 5) is 17.1. The molecule has 150 valence electrons. The monoisotopic (exact) mass is 410 g/mol. The molecule has 2 heterocycles. The van der Waals surface area contributed by atoms with Gasteiger partial charge in [0.15, 0.2) is 5.76 Å². The van der Waals surface area contributed by atoms with Gasteiger partial charge in [0.25, 0.3) is 5.91 Å². The van der Waals surface area contributed by atoms with Crippen LogP contribution in [-0.4, -0.2) is 41.9 Å². The summed E-state index contributed by atoms with van der Waals surface area (Å²) in [6.07, 6.45) is 1.55. The number of nitrogens with zero attached hydrogens (tertiary/aromatic N) is 2. The van der Waals surface area contributed by atoms with Gasteiger partial charge in [-0.05, 0) is 35.9 Å². The summed E-state index contributed by atoms with van der Waals surface area (Å²) >= 11 is 5.95. The van der Waals surface area contributed by atoms with Crippen molar-refractivity contribution in [2.75, 3.05) is 26.2 Å². The smallest absolute Gasteiger partial charge is 0.290 e. The van der Waals surface area contributed by atoms with Crippen LogP contribution in [0.5, 0.6) is 5.75 Å². The normalized spacial score (nSPS) is 14.7. The van der Waals surface area contributed by atoms with Crippen molar-refractivity contribution in [3.8, 4) is 5.75 Å². The molecule has 1 aromatic heterocycles. The summed E-state index contributed by atoms with van der Waals surface area (Å²) in [6, 6.07) is 19.3. The van der Waals surface area contributed by atoms with E-state index in [2.05, 4.69) is 4.90 Å². The molecule has 5 nitrogen and oxygen atoms in total. The van der Waals surface area contributed by atoms with Crippen LogP contribution in [0.2, 0.25) is 5.02 Å². The molecule has 0 unspecified atom stereocenters. The lowest BCUT2D eigenvalue weighted by molar-refractivity contribution is 0.0594. The van der Waals surface area contributed by atoms with Gasteiger partial charge in [-0.25, -0.2) is 0 Å². The van der Waals surface area contributed by atoms with E-state index < -0.39 is 0 Å². The summed E-state index contributed by atoms with van der Waals surface area (Å²) in [6.45, 7) is 4.16. The van der Waals surface area contributed by atoms with Crippen LogP contribution in [0.4, 0.5) is 0 Å². The molecule has 29 heavy (non-hydrogen) atoms. The van der Waals surface area contributed by atoms with Crippen molar-refractivity contribution < 1.29 is 13.9 Å². The van der Waals surface area contributed by atoms with E-state index in [1.165, 1.54) is 5.56 Å². The SMILES string of the molecule is O=C(c1occc1COc1ccccc1)N1CCN(Cc2ccc(Cl)cc2)CC1. The van der Waals surface area contributed by atoms with Crippen LogP contribution >= 0.6 is 11.6 Å². The molecule has 0 spiro atoms. The van der Waals surface area contributed by atoms with Crippen molar-refractivity contribution in [3.05, 3.63) is 88.8 Å². The Balaban J connectivity index is 1.32. The summed E-state index contributed by atoms with van der Waals surface area (Å²) < 4.78 is 11.3. The van der Waals surface area contributed by atoms with Crippen molar-refractivity contribution in [2.45, 2.75) is 13.2 Å². The molecule has 1 fully saturated rings. The number of furan rings is 1. The predicted molar refractivity (Wildman–Crippen MR) is 112 cm³/mol. The highest BCUT2D eigenvalue weighted by atomic mass is 35.5. The number of hydrogen-bond acceptors (Lipinski definition) is 4. The molecule has 6 heteroatoms. The zero-order valence-electron chi connectivity index (χ0n) is 16.1. The van der Waals surface area contributed by atoms with E-state index in [4.69, 9.17) is 20.8 Å². The number of para-hydroxylation sites is 1. The van der Waals surface area contributed by atoms with Crippen LogP contribution in [0, 0.1) is 0 Å². The number of rotatable bonds is 6. The van der Waals surface area contributed by atoms with E-state index in [0.717, 1.165) is 36.0 Å². The molecule has 0 aliphatic carbocycles. The fourth-order valence-electron chi connectivity index (χ4n) is 3.42.